The first kappa shape index (κ1) is 14.4. The summed E-state index contributed by atoms with van der Waals surface area (Å²) in [5, 5.41) is 3.08. The van der Waals surface area contributed by atoms with E-state index >= 15 is 0 Å². The standard InChI is InChI=1S/C15H20F3N/c1-19-14(8-9-15(16,17)18)13-7-6-11-4-2-3-5-12(11)10-13/h2-5,13-14,19H,6-10H2,1H3. The second-order valence-corrected chi connectivity index (χ2v) is 5.32. The molecule has 1 aromatic rings. The van der Waals surface area contributed by atoms with Gasteiger partial charge in [-0.25, -0.2) is 0 Å². The number of nitrogens with one attached hydrogen (secondary N) is 1. The lowest BCUT2D eigenvalue weighted by molar-refractivity contribution is -0.137. The minimum atomic E-state index is -4.05. The molecule has 0 spiro atoms. The van der Waals surface area contributed by atoms with Crippen LogP contribution in [-0.4, -0.2) is 19.3 Å². The molecule has 0 bridgehead atoms. The largest absolute Gasteiger partial charge is 0.389 e. The molecule has 0 fully saturated rings. The second kappa shape index (κ2) is 5.95. The maximum absolute atomic E-state index is 12.3. The van der Waals surface area contributed by atoms with Crippen molar-refractivity contribution in [3.63, 3.8) is 0 Å². The van der Waals surface area contributed by atoms with Gasteiger partial charge in [0.2, 0.25) is 0 Å². The number of halogens is 3. The number of alkyl halides is 3. The molecule has 0 amide bonds. The summed E-state index contributed by atoms with van der Waals surface area (Å²) >= 11 is 0. The average Bonchev–Trinajstić information content (AvgIpc) is 2.38. The molecule has 0 aromatic heterocycles. The van der Waals surface area contributed by atoms with Gasteiger partial charge < -0.3 is 5.32 Å². The van der Waals surface area contributed by atoms with Gasteiger partial charge in [-0.1, -0.05) is 24.3 Å². The van der Waals surface area contributed by atoms with Gasteiger partial charge in [-0.15, -0.1) is 0 Å². The van der Waals surface area contributed by atoms with Gasteiger partial charge in [0.25, 0.3) is 0 Å². The molecule has 19 heavy (non-hydrogen) atoms. The van der Waals surface area contributed by atoms with E-state index in [1.165, 1.54) is 11.1 Å². The molecule has 1 aromatic carbocycles. The van der Waals surface area contributed by atoms with Crippen LogP contribution in [0.4, 0.5) is 13.2 Å². The number of fused-ring (bicyclic) bond motifs is 1. The van der Waals surface area contributed by atoms with E-state index in [0.29, 0.717) is 5.92 Å². The minimum absolute atomic E-state index is 0.0463. The van der Waals surface area contributed by atoms with Crippen molar-refractivity contribution < 1.29 is 13.2 Å². The van der Waals surface area contributed by atoms with Crippen LogP contribution in [0.1, 0.15) is 30.4 Å². The summed E-state index contributed by atoms with van der Waals surface area (Å²) in [5.41, 5.74) is 2.65. The van der Waals surface area contributed by atoms with Gasteiger partial charge in [0.1, 0.15) is 0 Å². The monoisotopic (exact) mass is 271 g/mol. The molecule has 1 aliphatic rings. The van der Waals surface area contributed by atoms with E-state index in [0.717, 1.165) is 19.3 Å². The molecule has 0 saturated heterocycles. The fourth-order valence-electron chi connectivity index (χ4n) is 3.00. The first-order valence-electron chi connectivity index (χ1n) is 6.80. The third-order valence-corrected chi connectivity index (χ3v) is 4.06. The second-order valence-electron chi connectivity index (χ2n) is 5.32. The Bertz CT molecular complexity index is 414. The van der Waals surface area contributed by atoms with Crippen molar-refractivity contribution in [2.75, 3.05) is 7.05 Å². The fraction of sp³-hybridized carbons (Fsp3) is 0.600. The van der Waals surface area contributed by atoms with E-state index in [1.54, 1.807) is 7.05 Å². The van der Waals surface area contributed by atoms with Crippen molar-refractivity contribution >= 4 is 0 Å². The van der Waals surface area contributed by atoms with Crippen LogP contribution in [0.2, 0.25) is 0 Å². The molecule has 2 rings (SSSR count). The molecule has 2 atom stereocenters. The highest BCUT2D eigenvalue weighted by molar-refractivity contribution is 5.29. The van der Waals surface area contributed by atoms with Crippen molar-refractivity contribution in [2.24, 2.45) is 5.92 Å². The summed E-state index contributed by atoms with van der Waals surface area (Å²) in [4.78, 5) is 0. The first-order chi connectivity index (χ1) is 8.99. The Balaban J connectivity index is 1.98. The zero-order valence-corrected chi connectivity index (χ0v) is 11.1. The maximum Gasteiger partial charge on any atom is 0.389 e. The number of aryl methyl sites for hydroxylation is 1. The summed E-state index contributed by atoms with van der Waals surface area (Å²) in [6.07, 6.45) is -1.74. The highest BCUT2D eigenvalue weighted by atomic mass is 19.4. The number of hydrogen-bond acceptors (Lipinski definition) is 1. The quantitative estimate of drug-likeness (QED) is 0.880. The Morgan fingerprint density at radius 3 is 2.58 bits per heavy atom. The Morgan fingerprint density at radius 2 is 1.95 bits per heavy atom. The van der Waals surface area contributed by atoms with E-state index in [-0.39, 0.29) is 12.5 Å². The summed E-state index contributed by atoms with van der Waals surface area (Å²) in [7, 11) is 1.77. The topological polar surface area (TPSA) is 12.0 Å². The molecule has 2 unspecified atom stereocenters. The molecule has 0 saturated carbocycles. The van der Waals surface area contributed by atoms with Crippen molar-refractivity contribution in [2.45, 2.75) is 44.3 Å². The van der Waals surface area contributed by atoms with Crippen LogP contribution in [0.15, 0.2) is 24.3 Å². The predicted molar refractivity (Wildman–Crippen MR) is 70.1 cm³/mol. The fourth-order valence-corrected chi connectivity index (χ4v) is 3.00. The zero-order chi connectivity index (χ0) is 13.9. The van der Waals surface area contributed by atoms with E-state index in [9.17, 15) is 13.2 Å². The van der Waals surface area contributed by atoms with E-state index in [2.05, 4.69) is 17.4 Å². The first-order valence-corrected chi connectivity index (χ1v) is 6.80. The molecule has 0 radical (unpaired) electrons. The summed E-state index contributed by atoms with van der Waals surface area (Å²) in [5.74, 6) is 0.308. The normalized spacial score (nSPS) is 20.9. The summed E-state index contributed by atoms with van der Waals surface area (Å²) in [6, 6.07) is 8.20. The van der Waals surface area contributed by atoms with Crippen molar-refractivity contribution in [1.82, 2.24) is 5.32 Å². The lowest BCUT2D eigenvalue weighted by atomic mass is 9.79. The Labute approximate surface area is 112 Å². The maximum atomic E-state index is 12.3. The summed E-state index contributed by atoms with van der Waals surface area (Å²) < 4.78 is 37.0. The minimum Gasteiger partial charge on any atom is -0.317 e. The molecule has 106 valence electrons. The molecular formula is C15H20F3N. The van der Waals surface area contributed by atoms with E-state index < -0.39 is 12.6 Å². The highest BCUT2D eigenvalue weighted by Crippen LogP contribution is 2.31. The van der Waals surface area contributed by atoms with Crippen LogP contribution in [0.25, 0.3) is 0 Å². The van der Waals surface area contributed by atoms with E-state index in [1.807, 2.05) is 12.1 Å². The lowest BCUT2D eigenvalue weighted by Crippen LogP contribution is -2.37. The van der Waals surface area contributed by atoms with Gasteiger partial charge in [-0.05, 0) is 49.8 Å². The van der Waals surface area contributed by atoms with Crippen LogP contribution >= 0.6 is 0 Å². The third-order valence-electron chi connectivity index (χ3n) is 4.06. The van der Waals surface area contributed by atoms with Gasteiger partial charge in [-0.3, -0.25) is 0 Å². The zero-order valence-electron chi connectivity index (χ0n) is 11.1. The Hall–Kier alpha value is -1.03. The molecular weight excluding hydrogens is 251 g/mol. The van der Waals surface area contributed by atoms with Gasteiger partial charge >= 0.3 is 6.18 Å². The smallest absolute Gasteiger partial charge is 0.317 e. The van der Waals surface area contributed by atoms with Crippen molar-refractivity contribution in [1.29, 1.82) is 0 Å². The SMILES string of the molecule is CNC(CCC(F)(F)F)C1CCc2ccccc2C1. The Morgan fingerprint density at radius 1 is 1.26 bits per heavy atom. The predicted octanol–water partition coefficient (Wildman–Crippen LogP) is 3.72. The average molecular weight is 271 g/mol. The van der Waals surface area contributed by atoms with Crippen LogP contribution in [0.5, 0.6) is 0 Å². The Kier molecular flexibility index (Phi) is 4.50. The molecule has 0 heterocycles. The van der Waals surface area contributed by atoms with Crippen molar-refractivity contribution in [3.05, 3.63) is 35.4 Å². The van der Waals surface area contributed by atoms with Crippen molar-refractivity contribution in [3.8, 4) is 0 Å². The molecule has 1 nitrogen and oxygen atoms in total. The van der Waals surface area contributed by atoms with Gasteiger partial charge in [0.05, 0.1) is 0 Å². The lowest BCUT2D eigenvalue weighted by Gasteiger charge is -2.31. The molecule has 4 heteroatoms. The van der Waals surface area contributed by atoms with Crippen LogP contribution in [0.3, 0.4) is 0 Å². The van der Waals surface area contributed by atoms with Crippen LogP contribution < -0.4 is 5.32 Å². The molecule has 1 N–H and O–H groups in total. The van der Waals surface area contributed by atoms with Gasteiger partial charge in [-0.2, -0.15) is 13.2 Å². The van der Waals surface area contributed by atoms with E-state index in [4.69, 9.17) is 0 Å². The highest BCUT2D eigenvalue weighted by Gasteiger charge is 2.31. The third kappa shape index (κ3) is 3.96. The number of benzene rings is 1. The number of rotatable bonds is 4. The van der Waals surface area contributed by atoms with Crippen LogP contribution in [0, 0.1) is 5.92 Å². The molecule has 1 aliphatic carbocycles. The number of hydrogen-bond donors (Lipinski definition) is 1. The van der Waals surface area contributed by atoms with Gasteiger partial charge in [0, 0.05) is 12.5 Å². The van der Waals surface area contributed by atoms with Crippen LogP contribution in [-0.2, 0) is 12.8 Å². The summed E-state index contributed by atoms with van der Waals surface area (Å²) in [6.45, 7) is 0. The van der Waals surface area contributed by atoms with Gasteiger partial charge in [0.15, 0.2) is 0 Å². The molecule has 0 aliphatic heterocycles.